The van der Waals surface area contributed by atoms with E-state index in [-0.39, 0.29) is 0 Å². The summed E-state index contributed by atoms with van der Waals surface area (Å²) in [7, 11) is 0. The summed E-state index contributed by atoms with van der Waals surface area (Å²) in [5, 5.41) is 7.89. The minimum atomic E-state index is 0.446. The van der Waals surface area contributed by atoms with Gasteiger partial charge in [-0.3, -0.25) is 0 Å². The number of alkyl halides is 1. The minimum Gasteiger partial charge on any atom is -0.142 e. The van der Waals surface area contributed by atoms with Crippen molar-refractivity contribution in [3.05, 3.63) is 10.5 Å². The molecule has 0 saturated heterocycles. The van der Waals surface area contributed by atoms with Crippen LogP contribution in [0.4, 0.5) is 0 Å². The minimum absolute atomic E-state index is 0.446. The maximum absolute atomic E-state index is 5.36. The van der Waals surface area contributed by atoms with Gasteiger partial charge in [0.1, 0.15) is 5.01 Å². The third kappa shape index (κ3) is 1.11. The zero-order valence-corrected chi connectivity index (χ0v) is 4.96. The third-order valence-electron chi connectivity index (χ3n) is 0.480. The Hall–Kier alpha value is -0.150. The fourth-order valence-electron chi connectivity index (χ4n) is 0.224. The summed E-state index contributed by atoms with van der Waals surface area (Å²) < 4.78 is 0. The second-order valence-corrected chi connectivity index (χ2v) is 2.05. The molecule has 7 heavy (non-hydrogen) atoms. The highest BCUT2D eigenvalue weighted by Crippen LogP contribution is 2.02. The van der Waals surface area contributed by atoms with Crippen LogP contribution in [0.15, 0.2) is 0 Å². The average Bonchev–Trinajstić information content (AvgIpc) is 2.14. The van der Waals surface area contributed by atoms with Gasteiger partial charge >= 0.3 is 0 Å². The molecule has 0 aliphatic heterocycles. The third-order valence-corrected chi connectivity index (χ3v) is 1.53. The molecule has 0 fully saturated rings. The molecule has 37 valence electrons. The Morgan fingerprint density at radius 1 is 1.86 bits per heavy atom. The quantitative estimate of drug-likeness (QED) is 0.536. The Morgan fingerprint density at radius 3 is 3.00 bits per heavy atom. The van der Waals surface area contributed by atoms with Gasteiger partial charge in [0.25, 0.3) is 0 Å². The molecule has 1 heterocycles. The molecule has 0 aliphatic rings. The summed E-state index contributed by atoms with van der Waals surface area (Å²) in [6.45, 7) is 0. The van der Waals surface area contributed by atoms with Gasteiger partial charge < -0.3 is 0 Å². The van der Waals surface area contributed by atoms with E-state index >= 15 is 0 Å². The summed E-state index contributed by atoms with van der Waals surface area (Å²) in [6.07, 6.45) is 0. The highest BCUT2D eigenvalue weighted by atomic mass is 35.5. The van der Waals surface area contributed by atoms with Gasteiger partial charge in [-0.2, -0.15) is 0 Å². The topological polar surface area (TPSA) is 25.8 Å². The molecule has 0 saturated carbocycles. The maximum Gasteiger partial charge on any atom is 0.178 e. The van der Waals surface area contributed by atoms with Crippen LogP contribution in [0.2, 0.25) is 0 Å². The van der Waals surface area contributed by atoms with E-state index in [0.717, 1.165) is 5.01 Å². The average molecular weight is 134 g/mol. The molecule has 1 rings (SSSR count). The highest BCUT2D eigenvalue weighted by Gasteiger charge is 1.89. The smallest absolute Gasteiger partial charge is 0.142 e. The molecule has 0 spiro atoms. The summed E-state index contributed by atoms with van der Waals surface area (Å²) in [6, 6.07) is 0. The molecule has 0 N–H and O–H groups in total. The number of halogens is 1. The lowest BCUT2D eigenvalue weighted by molar-refractivity contribution is 1.03. The molecule has 2 nitrogen and oxygen atoms in total. The molecule has 0 unspecified atom stereocenters. The van der Waals surface area contributed by atoms with Gasteiger partial charge in [-0.05, 0) is 0 Å². The van der Waals surface area contributed by atoms with Crippen LogP contribution in [0.25, 0.3) is 0 Å². The summed E-state index contributed by atoms with van der Waals surface area (Å²) in [4.78, 5) is 0. The van der Waals surface area contributed by atoms with Crippen molar-refractivity contribution < 1.29 is 0 Å². The van der Waals surface area contributed by atoms with Crippen molar-refractivity contribution in [1.29, 1.82) is 0 Å². The predicted octanol–water partition coefficient (Wildman–Crippen LogP) is 1.08. The molecule has 0 atom stereocenters. The van der Waals surface area contributed by atoms with E-state index < -0.39 is 0 Å². The van der Waals surface area contributed by atoms with E-state index in [9.17, 15) is 0 Å². The first-order valence-corrected chi connectivity index (χ1v) is 3.03. The lowest BCUT2D eigenvalue weighted by atomic mass is 10.9. The maximum atomic E-state index is 5.36. The first-order chi connectivity index (χ1) is 3.43. The van der Waals surface area contributed by atoms with E-state index in [1.807, 2.05) is 0 Å². The first-order valence-electron chi connectivity index (χ1n) is 1.68. The molecule has 0 aliphatic carbocycles. The standard InChI is InChI=1S/C3H2ClN2S/c4-1-3-6-5-2-7-3/h1H2. The van der Waals surface area contributed by atoms with E-state index in [1.54, 1.807) is 0 Å². The molecule has 1 aromatic rings. The van der Waals surface area contributed by atoms with Crippen LogP contribution in [-0.2, 0) is 5.88 Å². The van der Waals surface area contributed by atoms with Gasteiger partial charge in [0, 0.05) is 0 Å². The second-order valence-electron chi connectivity index (χ2n) is 0.921. The normalized spacial score (nSPS) is 9.29. The Bertz CT molecular complexity index is 127. The van der Waals surface area contributed by atoms with Crippen molar-refractivity contribution in [1.82, 2.24) is 10.2 Å². The molecule has 1 radical (unpaired) electrons. The Morgan fingerprint density at radius 2 is 2.71 bits per heavy atom. The van der Waals surface area contributed by atoms with Gasteiger partial charge in [0.2, 0.25) is 0 Å². The monoisotopic (exact) mass is 133 g/mol. The van der Waals surface area contributed by atoms with Crippen LogP contribution >= 0.6 is 22.9 Å². The van der Waals surface area contributed by atoms with Crippen LogP contribution in [0.1, 0.15) is 5.01 Å². The van der Waals surface area contributed by atoms with E-state index in [0.29, 0.717) is 5.88 Å². The van der Waals surface area contributed by atoms with E-state index in [4.69, 9.17) is 11.6 Å². The van der Waals surface area contributed by atoms with Gasteiger partial charge in [0.05, 0.1) is 5.88 Å². The van der Waals surface area contributed by atoms with Crippen LogP contribution in [0.5, 0.6) is 0 Å². The molecule has 0 aromatic carbocycles. The fraction of sp³-hybridized carbons (Fsp3) is 0.333. The molecular weight excluding hydrogens is 132 g/mol. The molecule has 0 amide bonds. The lowest BCUT2D eigenvalue weighted by Crippen LogP contribution is -1.71. The zero-order chi connectivity index (χ0) is 5.11. The number of nitrogens with zero attached hydrogens (tertiary/aromatic N) is 2. The summed E-state index contributed by atoms with van der Waals surface area (Å²) in [5.41, 5.74) is 2.58. The summed E-state index contributed by atoms with van der Waals surface area (Å²) in [5.74, 6) is 0.446. The van der Waals surface area contributed by atoms with E-state index in [1.165, 1.54) is 11.3 Å². The largest absolute Gasteiger partial charge is 0.178 e. The number of aromatic nitrogens is 2. The van der Waals surface area contributed by atoms with Crippen molar-refractivity contribution in [2.75, 3.05) is 0 Å². The fourth-order valence-corrected chi connectivity index (χ4v) is 0.764. The number of hydrogen-bond donors (Lipinski definition) is 0. The number of rotatable bonds is 1. The molecule has 0 bridgehead atoms. The Kier molecular flexibility index (Phi) is 1.59. The van der Waals surface area contributed by atoms with Crippen molar-refractivity contribution in [2.45, 2.75) is 5.88 Å². The van der Waals surface area contributed by atoms with Crippen molar-refractivity contribution >= 4 is 22.9 Å². The van der Waals surface area contributed by atoms with Crippen LogP contribution in [-0.4, -0.2) is 10.2 Å². The van der Waals surface area contributed by atoms with Gasteiger partial charge in [-0.25, -0.2) is 0 Å². The Labute approximate surface area is 50.1 Å². The van der Waals surface area contributed by atoms with Gasteiger partial charge in [-0.1, -0.05) is 11.3 Å². The highest BCUT2D eigenvalue weighted by molar-refractivity contribution is 7.08. The SMILES string of the molecule is ClCc1nn[c]s1. The molecular formula is C3H2ClN2S. The number of hydrogen-bond acceptors (Lipinski definition) is 3. The van der Waals surface area contributed by atoms with Crippen LogP contribution in [0.3, 0.4) is 0 Å². The zero-order valence-electron chi connectivity index (χ0n) is 3.39. The second kappa shape index (κ2) is 2.23. The van der Waals surface area contributed by atoms with Gasteiger partial charge in [0.15, 0.2) is 5.51 Å². The first kappa shape index (κ1) is 5.00. The molecule has 4 heteroatoms. The van der Waals surface area contributed by atoms with Crippen LogP contribution < -0.4 is 0 Å². The van der Waals surface area contributed by atoms with Crippen molar-refractivity contribution in [3.8, 4) is 0 Å². The lowest BCUT2D eigenvalue weighted by Gasteiger charge is -1.72. The van der Waals surface area contributed by atoms with E-state index in [2.05, 4.69) is 15.7 Å². The molecule has 1 aromatic heterocycles. The van der Waals surface area contributed by atoms with Crippen LogP contribution in [0, 0.1) is 5.51 Å². The predicted molar refractivity (Wildman–Crippen MR) is 28.3 cm³/mol. The Balaban J connectivity index is 2.76. The summed E-state index contributed by atoms with van der Waals surface area (Å²) >= 11 is 6.70. The van der Waals surface area contributed by atoms with Crippen molar-refractivity contribution in [2.24, 2.45) is 0 Å². The van der Waals surface area contributed by atoms with Gasteiger partial charge in [-0.15, -0.1) is 21.8 Å². The van der Waals surface area contributed by atoms with Crippen molar-refractivity contribution in [3.63, 3.8) is 0 Å².